The van der Waals surface area contributed by atoms with Crippen molar-refractivity contribution < 1.29 is 14.4 Å². The fourth-order valence-corrected chi connectivity index (χ4v) is 8.24. The molecule has 0 aromatic carbocycles. The van der Waals surface area contributed by atoms with Crippen LogP contribution in [0.3, 0.4) is 0 Å². The summed E-state index contributed by atoms with van der Waals surface area (Å²) in [5.74, 6) is 2.62. The van der Waals surface area contributed by atoms with Gasteiger partial charge in [0.15, 0.2) is 6.61 Å². The number of nitrogens with one attached hydrogen (secondary N) is 1. The maximum atomic E-state index is 12.4. The van der Waals surface area contributed by atoms with Gasteiger partial charge in [-0.2, -0.15) is 0 Å². The molecule has 35 heavy (non-hydrogen) atoms. The van der Waals surface area contributed by atoms with Crippen molar-refractivity contribution >= 4 is 17.4 Å². The van der Waals surface area contributed by atoms with Gasteiger partial charge in [-0.3, -0.25) is 14.6 Å². The standard InChI is InChI=1S/C29H39N3O3/c1-19(33)24-6-7-25-23-5-4-21-16-22(8-12-28(21,2)26(23)9-13-29(24,25)3)32-35-18-27(34)31-17-20-10-14-30-15-11-20/h10-11,14-16,23-26H,4-9,12-13,17-18H2,1-3H3,(H,31,34). The van der Waals surface area contributed by atoms with Crippen LogP contribution in [0.4, 0.5) is 0 Å². The van der Waals surface area contributed by atoms with Gasteiger partial charge in [0.1, 0.15) is 5.78 Å². The van der Waals surface area contributed by atoms with Crippen LogP contribution in [-0.4, -0.2) is 29.0 Å². The molecule has 6 unspecified atom stereocenters. The fraction of sp³-hybridized carbons (Fsp3) is 0.655. The van der Waals surface area contributed by atoms with Gasteiger partial charge >= 0.3 is 0 Å². The van der Waals surface area contributed by atoms with Crippen LogP contribution in [0.25, 0.3) is 0 Å². The van der Waals surface area contributed by atoms with Gasteiger partial charge in [0.25, 0.3) is 5.91 Å². The van der Waals surface area contributed by atoms with E-state index in [2.05, 4.69) is 35.4 Å². The first-order valence-corrected chi connectivity index (χ1v) is 13.4. The summed E-state index contributed by atoms with van der Waals surface area (Å²) < 4.78 is 0. The number of carbonyl (C=O) groups is 2. The number of allylic oxidation sites excluding steroid dienone is 2. The lowest BCUT2D eigenvalue weighted by Gasteiger charge is -2.58. The highest BCUT2D eigenvalue weighted by atomic mass is 16.6. The first kappa shape index (κ1) is 24.2. The molecule has 1 heterocycles. The van der Waals surface area contributed by atoms with Crippen molar-refractivity contribution in [3.63, 3.8) is 0 Å². The van der Waals surface area contributed by atoms with E-state index in [1.807, 2.05) is 19.1 Å². The highest BCUT2D eigenvalue weighted by Crippen LogP contribution is 2.66. The molecule has 188 valence electrons. The van der Waals surface area contributed by atoms with Crippen LogP contribution < -0.4 is 5.32 Å². The van der Waals surface area contributed by atoms with E-state index in [0.717, 1.165) is 42.9 Å². The maximum absolute atomic E-state index is 12.4. The molecule has 0 bridgehead atoms. The number of fused-ring (bicyclic) bond motifs is 5. The Balaban J connectivity index is 1.20. The van der Waals surface area contributed by atoms with Gasteiger partial charge in [-0.1, -0.05) is 24.6 Å². The first-order chi connectivity index (χ1) is 16.8. The number of ketones is 1. The summed E-state index contributed by atoms with van der Waals surface area (Å²) in [6.45, 7) is 7.08. The average molecular weight is 478 g/mol. The Bertz CT molecular complexity index is 1030. The molecule has 3 fully saturated rings. The molecular weight excluding hydrogens is 438 g/mol. The molecule has 6 heteroatoms. The fourth-order valence-electron chi connectivity index (χ4n) is 8.24. The molecular formula is C29H39N3O3. The third-order valence-electron chi connectivity index (χ3n) is 10.1. The number of rotatable bonds is 6. The van der Waals surface area contributed by atoms with Crippen molar-refractivity contribution in [2.75, 3.05) is 6.61 Å². The topological polar surface area (TPSA) is 80.6 Å². The van der Waals surface area contributed by atoms with Crippen LogP contribution in [0.5, 0.6) is 0 Å². The van der Waals surface area contributed by atoms with Crippen molar-refractivity contribution in [3.05, 3.63) is 41.7 Å². The Morgan fingerprint density at radius 2 is 1.89 bits per heavy atom. The zero-order valence-corrected chi connectivity index (χ0v) is 21.4. The van der Waals surface area contributed by atoms with Gasteiger partial charge in [0.05, 0.1) is 5.71 Å². The molecule has 6 nitrogen and oxygen atoms in total. The highest BCUT2D eigenvalue weighted by molar-refractivity contribution is 5.96. The molecule has 1 aromatic rings. The second-order valence-electron chi connectivity index (χ2n) is 11.8. The van der Waals surface area contributed by atoms with Crippen LogP contribution in [0.15, 0.2) is 41.3 Å². The van der Waals surface area contributed by atoms with E-state index in [0.29, 0.717) is 24.2 Å². The van der Waals surface area contributed by atoms with Gasteiger partial charge < -0.3 is 10.2 Å². The third kappa shape index (κ3) is 4.45. The number of carbonyl (C=O) groups excluding carboxylic acids is 2. The molecule has 1 N–H and O–H groups in total. The van der Waals surface area contributed by atoms with Crippen molar-refractivity contribution in [2.24, 2.45) is 39.7 Å². The van der Waals surface area contributed by atoms with Gasteiger partial charge in [-0.05, 0) is 111 Å². The SMILES string of the molecule is CC(=O)C1CCC2C3CCC4=CC(=NOCC(=O)NCc5ccncc5)CCC4(C)C3CCC12C. The molecule has 0 aliphatic heterocycles. The van der Waals surface area contributed by atoms with Crippen LogP contribution in [0, 0.1) is 34.5 Å². The van der Waals surface area contributed by atoms with Crippen molar-refractivity contribution in [1.29, 1.82) is 0 Å². The second-order valence-corrected chi connectivity index (χ2v) is 11.8. The minimum absolute atomic E-state index is 0.0721. The number of pyridine rings is 1. The predicted molar refractivity (Wildman–Crippen MR) is 135 cm³/mol. The summed E-state index contributed by atoms with van der Waals surface area (Å²) in [5, 5.41) is 7.18. The van der Waals surface area contributed by atoms with Crippen LogP contribution >= 0.6 is 0 Å². The molecule has 1 amide bonds. The lowest BCUT2D eigenvalue weighted by atomic mass is 9.46. The Morgan fingerprint density at radius 1 is 1.09 bits per heavy atom. The monoisotopic (exact) mass is 477 g/mol. The summed E-state index contributed by atoms with van der Waals surface area (Å²) in [7, 11) is 0. The summed E-state index contributed by atoms with van der Waals surface area (Å²) in [6.07, 6.45) is 14.7. The van der Waals surface area contributed by atoms with Crippen LogP contribution in [0.2, 0.25) is 0 Å². The highest BCUT2D eigenvalue weighted by Gasteiger charge is 2.59. The summed E-state index contributed by atoms with van der Waals surface area (Å²) in [6, 6.07) is 3.75. The molecule has 0 saturated heterocycles. The van der Waals surface area contributed by atoms with E-state index >= 15 is 0 Å². The largest absolute Gasteiger partial charge is 0.385 e. The first-order valence-electron chi connectivity index (χ1n) is 13.4. The van der Waals surface area contributed by atoms with E-state index in [-0.39, 0.29) is 29.3 Å². The Hall–Kier alpha value is -2.50. The predicted octanol–water partition coefficient (Wildman–Crippen LogP) is 5.24. The Labute approximate surface area is 209 Å². The van der Waals surface area contributed by atoms with E-state index in [9.17, 15) is 9.59 Å². The number of oxime groups is 1. The number of amides is 1. The van der Waals surface area contributed by atoms with Crippen LogP contribution in [0.1, 0.15) is 77.7 Å². The molecule has 3 saturated carbocycles. The molecule has 6 atom stereocenters. The van der Waals surface area contributed by atoms with Crippen molar-refractivity contribution in [1.82, 2.24) is 10.3 Å². The summed E-state index contributed by atoms with van der Waals surface area (Å²) >= 11 is 0. The number of hydrogen-bond donors (Lipinski definition) is 1. The number of hydrogen-bond acceptors (Lipinski definition) is 5. The minimum Gasteiger partial charge on any atom is -0.385 e. The normalized spacial score (nSPS) is 37.0. The second kappa shape index (κ2) is 9.51. The van der Waals surface area contributed by atoms with Gasteiger partial charge in [0.2, 0.25) is 0 Å². The van der Waals surface area contributed by atoms with E-state index in [1.165, 1.54) is 31.3 Å². The Morgan fingerprint density at radius 3 is 2.66 bits per heavy atom. The van der Waals surface area contributed by atoms with Crippen molar-refractivity contribution in [2.45, 2.75) is 78.7 Å². The summed E-state index contributed by atoms with van der Waals surface area (Å²) in [5.41, 5.74) is 3.90. The van der Waals surface area contributed by atoms with Gasteiger partial charge in [0, 0.05) is 24.9 Å². The lowest BCUT2D eigenvalue weighted by molar-refractivity contribution is -0.128. The molecule has 1 aromatic heterocycles. The van der Waals surface area contributed by atoms with E-state index < -0.39 is 0 Å². The molecule has 0 spiro atoms. The van der Waals surface area contributed by atoms with E-state index in [1.54, 1.807) is 12.4 Å². The lowest BCUT2D eigenvalue weighted by Crippen LogP contribution is -2.51. The molecule has 5 rings (SSSR count). The van der Waals surface area contributed by atoms with Gasteiger partial charge in [-0.15, -0.1) is 0 Å². The van der Waals surface area contributed by atoms with Crippen LogP contribution in [-0.2, 0) is 21.0 Å². The third-order valence-corrected chi connectivity index (χ3v) is 10.1. The average Bonchev–Trinajstić information content (AvgIpc) is 3.21. The smallest absolute Gasteiger partial charge is 0.261 e. The molecule has 0 radical (unpaired) electrons. The van der Waals surface area contributed by atoms with Gasteiger partial charge in [-0.25, -0.2) is 0 Å². The molecule has 4 aliphatic rings. The van der Waals surface area contributed by atoms with E-state index in [4.69, 9.17) is 4.84 Å². The quantitative estimate of drug-likeness (QED) is 0.568. The summed E-state index contributed by atoms with van der Waals surface area (Å²) in [4.78, 5) is 33.9. The molecule has 4 aliphatic carbocycles. The number of nitrogens with zero attached hydrogens (tertiary/aromatic N) is 2. The number of aromatic nitrogens is 1. The zero-order valence-electron chi connectivity index (χ0n) is 21.4. The number of Topliss-reactive ketones (excluding diaryl/α,β-unsaturated/α-hetero) is 1. The zero-order chi connectivity index (χ0) is 24.6. The van der Waals surface area contributed by atoms with Crippen molar-refractivity contribution in [3.8, 4) is 0 Å². The Kier molecular flexibility index (Phi) is 6.58. The maximum Gasteiger partial charge on any atom is 0.261 e. The minimum atomic E-state index is -0.175.